The van der Waals surface area contributed by atoms with Crippen molar-refractivity contribution < 1.29 is 9.47 Å². The van der Waals surface area contributed by atoms with Crippen LogP contribution in [0.25, 0.3) is 0 Å². The molecule has 100 valence electrons. The monoisotopic (exact) mass is 275 g/mol. The van der Waals surface area contributed by atoms with E-state index in [9.17, 15) is 0 Å². The van der Waals surface area contributed by atoms with Crippen LogP contribution < -0.4 is 15.2 Å². The summed E-state index contributed by atoms with van der Waals surface area (Å²) in [6.45, 7) is 2.11. The summed E-state index contributed by atoms with van der Waals surface area (Å²) in [5.41, 5.74) is 7.32. The number of rotatable bonds is 2. The normalized spacial score (nSPS) is 21.6. The fourth-order valence-electron chi connectivity index (χ4n) is 2.41. The molecule has 0 aliphatic carbocycles. The Morgan fingerprint density at radius 2 is 2.16 bits per heavy atom. The van der Waals surface area contributed by atoms with E-state index in [1.54, 1.807) is 18.4 Å². The second-order valence-corrected chi connectivity index (χ2v) is 6.12. The van der Waals surface area contributed by atoms with Crippen molar-refractivity contribution in [3.05, 3.63) is 45.6 Å². The summed E-state index contributed by atoms with van der Waals surface area (Å²) in [5, 5.41) is 0. The van der Waals surface area contributed by atoms with E-state index in [-0.39, 0.29) is 12.1 Å². The number of thiophene rings is 1. The van der Waals surface area contributed by atoms with Crippen molar-refractivity contribution in [2.75, 3.05) is 7.11 Å². The van der Waals surface area contributed by atoms with Crippen LogP contribution in [0.2, 0.25) is 0 Å². The van der Waals surface area contributed by atoms with Gasteiger partial charge in [0.2, 0.25) is 0 Å². The Morgan fingerprint density at radius 3 is 2.84 bits per heavy atom. The van der Waals surface area contributed by atoms with Crippen LogP contribution in [0.5, 0.6) is 11.5 Å². The van der Waals surface area contributed by atoms with Gasteiger partial charge in [-0.3, -0.25) is 0 Å². The van der Waals surface area contributed by atoms with Crippen LogP contribution in [0.4, 0.5) is 0 Å². The van der Waals surface area contributed by atoms with Gasteiger partial charge in [0.05, 0.1) is 7.11 Å². The lowest BCUT2D eigenvalue weighted by Crippen LogP contribution is -2.23. The van der Waals surface area contributed by atoms with Gasteiger partial charge in [0, 0.05) is 33.8 Å². The van der Waals surface area contributed by atoms with Gasteiger partial charge in [-0.05, 0) is 25.1 Å². The molecule has 2 heterocycles. The summed E-state index contributed by atoms with van der Waals surface area (Å²) < 4.78 is 11.3. The molecule has 2 N–H and O–H groups in total. The summed E-state index contributed by atoms with van der Waals surface area (Å²) in [6, 6.07) is 10.1. The topological polar surface area (TPSA) is 44.5 Å². The Kier molecular flexibility index (Phi) is 3.21. The van der Waals surface area contributed by atoms with Gasteiger partial charge in [-0.1, -0.05) is 6.07 Å². The van der Waals surface area contributed by atoms with E-state index in [0.29, 0.717) is 0 Å². The van der Waals surface area contributed by atoms with Crippen molar-refractivity contribution in [1.29, 1.82) is 0 Å². The molecule has 1 aliphatic rings. The van der Waals surface area contributed by atoms with Gasteiger partial charge in [0.25, 0.3) is 0 Å². The summed E-state index contributed by atoms with van der Waals surface area (Å²) in [7, 11) is 1.66. The molecule has 1 aromatic carbocycles. The zero-order valence-corrected chi connectivity index (χ0v) is 11.9. The van der Waals surface area contributed by atoms with E-state index >= 15 is 0 Å². The number of hydrogen-bond donors (Lipinski definition) is 1. The van der Waals surface area contributed by atoms with E-state index in [1.807, 2.05) is 18.2 Å². The molecule has 3 nitrogen and oxygen atoms in total. The first-order valence-corrected chi connectivity index (χ1v) is 7.15. The van der Waals surface area contributed by atoms with Crippen LogP contribution in [0.1, 0.15) is 33.9 Å². The molecule has 0 saturated heterocycles. The maximum Gasteiger partial charge on any atom is 0.135 e. The van der Waals surface area contributed by atoms with Crippen molar-refractivity contribution in [2.24, 2.45) is 5.73 Å². The first-order chi connectivity index (χ1) is 9.17. The lowest BCUT2D eigenvalue weighted by Gasteiger charge is -2.30. The van der Waals surface area contributed by atoms with Crippen molar-refractivity contribution in [1.82, 2.24) is 0 Å². The average Bonchev–Trinajstić information content (AvgIpc) is 2.84. The molecule has 0 saturated carbocycles. The zero-order chi connectivity index (χ0) is 13.4. The minimum absolute atomic E-state index is 0.0158. The Morgan fingerprint density at radius 1 is 1.32 bits per heavy atom. The van der Waals surface area contributed by atoms with Gasteiger partial charge < -0.3 is 15.2 Å². The molecule has 19 heavy (non-hydrogen) atoms. The Labute approximate surface area is 117 Å². The zero-order valence-electron chi connectivity index (χ0n) is 11.1. The van der Waals surface area contributed by atoms with E-state index in [2.05, 4.69) is 19.1 Å². The predicted molar refractivity (Wildman–Crippen MR) is 77.0 cm³/mol. The highest BCUT2D eigenvalue weighted by atomic mass is 32.1. The maximum absolute atomic E-state index is 6.26. The summed E-state index contributed by atoms with van der Waals surface area (Å²) in [6.07, 6.45) is 0.868. The fraction of sp³-hybridized carbons (Fsp3) is 0.333. The highest BCUT2D eigenvalue weighted by molar-refractivity contribution is 7.12. The lowest BCUT2D eigenvalue weighted by atomic mass is 9.96. The third-order valence-electron chi connectivity index (χ3n) is 3.44. The number of aryl methyl sites for hydroxylation is 1. The molecule has 2 aromatic rings. The first kappa shape index (κ1) is 12.5. The van der Waals surface area contributed by atoms with Crippen molar-refractivity contribution in [2.45, 2.75) is 25.5 Å². The highest BCUT2D eigenvalue weighted by Crippen LogP contribution is 2.42. The third-order valence-corrected chi connectivity index (χ3v) is 4.53. The van der Waals surface area contributed by atoms with Gasteiger partial charge >= 0.3 is 0 Å². The summed E-state index contributed by atoms with van der Waals surface area (Å²) in [4.78, 5) is 2.53. The molecule has 0 amide bonds. The van der Waals surface area contributed by atoms with E-state index in [1.165, 1.54) is 9.75 Å². The molecule has 0 fully saturated rings. The van der Waals surface area contributed by atoms with Crippen LogP contribution in [-0.2, 0) is 0 Å². The second-order valence-electron chi connectivity index (χ2n) is 4.80. The molecule has 2 unspecified atom stereocenters. The largest absolute Gasteiger partial charge is 0.497 e. The summed E-state index contributed by atoms with van der Waals surface area (Å²) >= 11 is 1.77. The smallest absolute Gasteiger partial charge is 0.135 e. The number of benzene rings is 1. The molecular formula is C15H17NO2S. The Balaban J connectivity index is 1.93. The molecular weight excluding hydrogens is 258 g/mol. The number of methoxy groups -OCH3 is 1. The molecule has 3 rings (SSSR count). The molecule has 1 aromatic heterocycles. The number of nitrogens with two attached hydrogens (primary N) is 1. The maximum atomic E-state index is 6.26. The van der Waals surface area contributed by atoms with Crippen LogP contribution in [0, 0.1) is 6.92 Å². The van der Waals surface area contributed by atoms with E-state index in [0.717, 1.165) is 23.5 Å². The fourth-order valence-corrected chi connectivity index (χ4v) is 3.33. The van der Waals surface area contributed by atoms with Crippen molar-refractivity contribution >= 4 is 11.3 Å². The average molecular weight is 275 g/mol. The third kappa shape index (κ3) is 2.33. The first-order valence-electron chi connectivity index (χ1n) is 6.34. The van der Waals surface area contributed by atoms with Crippen LogP contribution in [0.15, 0.2) is 30.3 Å². The predicted octanol–water partition coefficient (Wildman–Crippen LogP) is 3.59. The summed E-state index contributed by atoms with van der Waals surface area (Å²) in [5.74, 6) is 1.64. The second kappa shape index (κ2) is 4.87. The number of hydrogen-bond acceptors (Lipinski definition) is 4. The van der Waals surface area contributed by atoms with Gasteiger partial charge in [-0.15, -0.1) is 11.3 Å². The molecule has 0 radical (unpaired) electrons. The van der Waals surface area contributed by atoms with Crippen LogP contribution >= 0.6 is 11.3 Å². The molecule has 0 spiro atoms. The Hall–Kier alpha value is -1.52. The van der Waals surface area contributed by atoms with E-state index < -0.39 is 0 Å². The van der Waals surface area contributed by atoms with Crippen molar-refractivity contribution in [3.63, 3.8) is 0 Å². The molecule has 4 heteroatoms. The van der Waals surface area contributed by atoms with Crippen molar-refractivity contribution in [3.8, 4) is 11.5 Å². The Bertz CT molecular complexity index is 594. The minimum Gasteiger partial charge on any atom is -0.497 e. The van der Waals surface area contributed by atoms with Gasteiger partial charge in [-0.25, -0.2) is 0 Å². The van der Waals surface area contributed by atoms with Crippen LogP contribution in [-0.4, -0.2) is 7.11 Å². The van der Waals surface area contributed by atoms with Gasteiger partial charge in [0.15, 0.2) is 0 Å². The minimum atomic E-state index is 0.0158. The van der Waals surface area contributed by atoms with Gasteiger partial charge in [-0.2, -0.15) is 0 Å². The molecule has 1 aliphatic heterocycles. The standard InChI is InChI=1S/C15H17NO2S/c1-9-3-6-15(19-9)14-8-12(16)11-5-4-10(17-2)7-13(11)18-14/h3-7,12,14H,8,16H2,1-2H3. The number of fused-ring (bicyclic) bond motifs is 1. The molecule has 0 bridgehead atoms. The quantitative estimate of drug-likeness (QED) is 0.911. The van der Waals surface area contributed by atoms with E-state index in [4.69, 9.17) is 15.2 Å². The lowest BCUT2D eigenvalue weighted by molar-refractivity contribution is 0.164. The van der Waals surface area contributed by atoms with Crippen LogP contribution in [0.3, 0.4) is 0 Å². The highest BCUT2D eigenvalue weighted by Gasteiger charge is 2.28. The molecule has 2 atom stereocenters. The van der Waals surface area contributed by atoms with Gasteiger partial charge in [0.1, 0.15) is 17.6 Å². The number of ether oxygens (including phenoxy) is 2. The SMILES string of the molecule is COc1ccc2c(c1)OC(c1ccc(C)s1)CC2N.